The summed E-state index contributed by atoms with van der Waals surface area (Å²) >= 11 is 0. The molecule has 0 amide bonds. The van der Waals surface area contributed by atoms with Gasteiger partial charge in [-0.2, -0.15) is 4.98 Å². The molecule has 1 heterocycles. The molecule has 6 nitrogen and oxygen atoms in total. The molecule has 2 rings (SSSR count). The Hall–Kier alpha value is -2.24. The number of nitrogens with two attached hydrogens (primary N) is 1. The van der Waals surface area contributed by atoms with Crippen molar-refractivity contribution in [3.05, 3.63) is 30.3 Å². The van der Waals surface area contributed by atoms with E-state index in [0.29, 0.717) is 12.6 Å². The summed E-state index contributed by atoms with van der Waals surface area (Å²) < 4.78 is 7.19. The molecule has 0 aliphatic rings. The largest absolute Gasteiger partial charge is 0.494 e. The van der Waals surface area contributed by atoms with Crippen LogP contribution in [0.15, 0.2) is 30.3 Å². The number of benzene rings is 1. The average Bonchev–Trinajstić information content (AvgIpc) is 2.69. The van der Waals surface area contributed by atoms with E-state index in [1.165, 1.54) is 0 Å². The molecule has 0 aliphatic carbocycles. The van der Waals surface area contributed by atoms with E-state index in [1.54, 1.807) is 11.7 Å². The zero-order chi connectivity index (χ0) is 12.8. The summed E-state index contributed by atoms with van der Waals surface area (Å²) in [5, 5.41) is 7.10. The van der Waals surface area contributed by atoms with Gasteiger partial charge in [0, 0.05) is 13.6 Å². The Morgan fingerprint density at radius 2 is 2.11 bits per heavy atom. The minimum absolute atomic E-state index is 0.278. The first kappa shape index (κ1) is 12.2. The minimum Gasteiger partial charge on any atom is -0.494 e. The summed E-state index contributed by atoms with van der Waals surface area (Å²) in [6.45, 7) is 1.42. The summed E-state index contributed by atoms with van der Waals surface area (Å²) in [5.74, 6) is 1.84. The summed E-state index contributed by atoms with van der Waals surface area (Å²) in [7, 11) is 1.80. The Morgan fingerprint density at radius 1 is 1.33 bits per heavy atom. The molecule has 0 saturated heterocycles. The van der Waals surface area contributed by atoms with E-state index in [0.717, 1.165) is 18.7 Å². The molecule has 6 heteroatoms. The second kappa shape index (κ2) is 5.90. The van der Waals surface area contributed by atoms with Crippen LogP contribution in [0.2, 0.25) is 0 Å². The van der Waals surface area contributed by atoms with Crippen LogP contribution in [0.3, 0.4) is 0 Å². The van der Waals surface area contributed by atoms with Gasteiger partial charge in [0.1, 0.15) is 5.75 Å². The molecule has 0 unspecified atom stereocenters. The van der Waals surface area contributed by atoms with Crippen LogP contribution in [0, 0.1) is 0 Å². The second-order valence-electron chi connectivity index (χ2n) is 3.86. The molecule has 96 valence electrons. The first-order valence-corrected chi connectivity index (χ1v) is 5.84. The van der Waals surface area contributed by atoms with Gasteiger partial charge in [0.25, 0.3) is 0 Å². The van der Waals surface area contributed by atoms with Crippen LogP contribution in [0.5, 0.6) is 5.75 Å². The van der Waals surface area contributed by atoms with Crippen LogP contribution in [0.25, 0.3) is 0 Å². The van der Waals surface area contributed by atoms with Gasteiger partial charge in [-0.25, -0.2) is 4.68 Å². The monoisotopic (exact) mass is 247 g/mol. The van der Waals surface area contributed by atoms with Gasteiger partial charge in [-0.15, -0.1) is 5.10 Å². The molecular weight excluding hydrogens is 230 g/mol. The van der Waals surface area contributed by atoms with Crippen molar-refractivity contribution in [3.63, 3.8) is 0 Å². The van der Waals surface area contributed by atoms with Gasteiger partial charge in [0.2, 0.25) is 11.9 Å². The van der Waals surface area contributed by atoms with Crippen molar-refractivity contribution in [1.82, 2.24) is 14.8 Å². The number of aromatic nitrogens is 3. The van der Waals surface area contributed by atoms with Crippen molar-refractivity contribution in [2.24, 2.45) is 7.05 Å². The number of para-hydroxylation sites is 1. The summed E-state index contributed by atoms with van der Waals surface area (Å²) in [6, 6.07) is 9.76. The van der Waals surface area contributed by atoms with Crippen LogP contribution < -0.4 is 15.8 Å². The number of ether oxygens (including phenoxy) is 1. The predicted octanol–water partition coefficient (Wildman–Crippen LogP) is 1.28. The SMILES string of the molecule is Cn1nc(N)nc1NCCCOc1ccccc1. The number of aryl methyl sites for hydroxylation is 1. The number of nitrogen functional groups attached to an aromatic ring is 1. The van der Waals surface area contributed by atoms with Gasteiger partial charge >= 0.3 is 0 Å². The highest BCUT2D eigenvalue weighted by atomic mass is 16.5. The van der Waals surface area contributed by atoms with Crippen molar-refractivity contribution in [2.75, 3.05) is 24.2 Å². The normalized spacial score (nSPS) is 10.3. The molecule has 1 aromatic heterocycles. The van der Waals surface area contributed by atoms with Gasteiger partial charge in [-0.1, -0.05) is 18.2 Å². The third-order valence-electron chi connectivity index (χ3n) is 2.40. The second-order valence-corrected chi connectivity index (χ2v) is 3.86. The fraction of sp³-hybridized carbons (Fsp3) is 0.333. The van der Waals surface area contributed by atoms with Crippen LogP contribution in [-0.2, 0) is 7.05 Å². The summed E-state index contributed by atoms with van der Waals surface area (Å²) in [4.78, 5) is 4.04. The summed E-state index contributed by atoms with van der Waals surface area (Å²) in [5.41, 5.74) is 5.48. The first-order chi connectivity index (χ1) is 8.75. The van der Waals surface area contributed by atoms with E-state index in [9.17, 15) is 0 Å². The molecule has 2 aromatic rings. The average molecular weight is 247 g/mol. The van der Waals surface area contributed by atoms with Gasteiger partial charge in [0.15, 0.2) is 0 Å². The number of nitrogens with zero attached hydrogens (tertiary/aromatic N) is 3. The molecule has 0 radical (unpaired) electrons. The van der Waals surface area contributed by atoms with E-state index in [-0.39, 0.29) is 5.95 Å². The Morgan fingerprint density at radius 3 is 2.78 bits per heavy atom. The smallest absolute Gasteiger partial charge is 0.241 e. The van der Waals surface area contributed by atoms with Gasteiger partial charge in [-0.3, -0.25) is 0 Å². The number of hydrogen-bond acceptors (Lipinski definition) is 5. The maximum absolute atomic E-state index is 5.57. The lowest BCUT2D eigenvalue weighted by atomic mass is 10.3. The molecule has 0 spiro atoms. The summed E-state index contributed by atoms with van der Waals surface area (Å²) in [6.07, 6.45) is 0.877. The molecule has 0 fully saturated rings. The van der Waals surface area contributed by atoms with Crippen LogP contribution in [-0.4, -0.2) is 27.9 Å². The van der Waals surface area contributed by atoms with E-state index in [2.05, 4.69) is 15.4 Å². The lowest BCUT2D eigenvalue weighted by molar-refractivity contribution is 0.315. The maximum atomic E-state index is 5.57. The van der Waals surface area contributed by atoms with Crippen molar-refractivity contribution in [2.45, 2.75) is 6.42 Å². The third kappa shape index (κ3) is 3.38. The first-order valence-electron chi connectivity index (χ1n) is 5.84. The van der Waals surface area contributed by atoms with Crippen LogP contribution in [0.1, 0.15) is 6.42 Å². The molecule has 0 bridgehead atoms. The Bertz CT molecular complexity index is 482. The van der Waals surface area contributed by atoms with Crippen LogP contribution >= 0.6 is 0 Å². The molecule has 0 atom stereocenters. The highest BCUT2D eigenvalue weighted by Crippen LogP contribution is 2.08. The fourth-order valence-corrected chi connectivity index (χ4v) is 1.54. The zero-order valence-electron chi connectivity index (χ0n) is 10.3. The lowest BCUT2D eigenvalue weighted by Crippen LogP contribution is -2.10. The van der Waals surface area contributed by atoms with Gasteiger partial charge in [-0.05, 0) is 18.6 Å². The Labute approximate surface area is 106 Å². The quantitative estimate of drug-likeness (QED) is 0.752. The molecule has 0 saturated carbocycles. The van der Waals surface area contributed by atoms with Crippen molar-refractivity contribution in [3.8, 4) is 5.75 Å². The van der Waals surface area contributed by atoms with E-state index >= 15 is 0 Å². The fourth-order valence-electron chi connectivity index (χ4n) is 1.54. The minimum atomic E-state index is 0.278. The van der Waals surface area contributed by atoms with Crippen molar-refractivity contribution >= 4 is 11.9 Å². The van der Waals surface area contributed by atoms with Crippen molar-refractivity contribution < 1.29 is 4.74 Å². The Balaban J connectivity index is 1.66. The molecular formula is C12H17N5O. The number of hydrogen-bond donors (Lipinski definition) is 2. The standard InChI is InChI=1S/C12H17N5O/c1-17-12(15-11(13)16-17)14-8-5-9-18-10-6-3-2-4-7-10/h2-4,6-7H,5,8-9H2,1H3,(H3,13,14,15,16). The zero-order valence-corrected chi connectivity index (χ0v) is 10.3. The van der Waals surface area contributed by atoms with Crippen LogP contribution in [0.4, 0.5) is 11.9 Å². The lowest BCUT2D eigenvalue weighted by Gasteiger charge is -2.07. The number of nitrogens with one attached hydrogen (secondary N) is 1. The number of rotatable bonds is 6. The van der Waals surface area contributed by atoms with Gasteiger partial charge in [0.05, 0.1) is 6.61 Å². The molecule has 3 N–H and O–H groups in total. The predicted molar refractivity (Wildman–Crippen MR) is 70.5 cm³/mol. The third-order valence-corrected chi connectivity index (χ3v) is 2.40. The number of anilines is 2. The highest BCUT2D eigenvalue weighted by molar-refractivity contribution is 5.31. The molecule has 1 aromatic carbocycles. The molecule has 18 heavy (non-hydrogen) atoms. The van der Waals surface area contributed by atoms with E-state index < -0.39 is 0 Å². The highest BCUT2D eigenvalue weighted by Gasteiger charge is 2.02. The van der Waals surface area contributed by atoms with Gasteiger partial charge < -0.3 is 15.8 Å². The van der Waals surface area contributed by atoms with Crippen molar-refractivity contribution in [1.29, 1.82) is 0 Å². The topological polar surface area (TPSA) is 78.0 Å². The maximum Gasteiger partial charge on any atom is 0.241 e. The van der Waals surface area contributed by atoms with E-state index in [4.69, 9.17) is 10.5 Å². The van der Waals surface area contributed by atoms with E-state index in [1.807, 2.05) is 30.3 Å². The Kier molecular flexibility index (Phi) is 4.01. The molecule has 0 aliphatic heterocycles.